The van der Waals surface area contributed by atoms with E-state index in [2.05, 4.69) is 0 Å². The lowest BCUT2D eigenvalue weighted by Gasteiger charge is -2.25. The van der Waals surface area contributed by atoms with E-state index in [1.165, 1.54) is 11.3 Å². The van der Waals surface area contributed by atoms with Gasteiger partial charge in [0, 0.05) is 13.0 Å². The van der Waals surface area contributed by atoms with Crippen LogP contribution in [0.25, 0.3) is 0 Å². The van der Waals surface area contributed by atoms with Crippen molar-refractivity contribution in [3.05, 3.63) is 21.9 Å². The van der Waals surface area contributed by atoms with Crippen LogP contribution >= 0.6 is 11.3 Å². The van der Waals surface area contributed by atoms with Crippen molar-refractivity contribution in [2.24, 2.45) is 0 Å². The SMILES string of the molecule is O=C1CCCC(N2Cc3ccsc3C2=O)C(=O)C1. The highest BCUT2D eigenvalue weighted by Gasteiger charge is 2.38. The largest absolute Gasteiger partial charge is 0.324 e. The van der Waals surface area contributed by atoms with Crippen molar-refractivity contribution in [1.29, 1.82) is 0 Å². The van der Waals surface area contributed by atoms with E-state index in [0.29, 0.717) is 25.8 Å². The van der Waals surface area contributed by atoms with Crippen LogP contribution in [0.5, 0.6) is 0 Å². The first kappa shape index (κ1) is 11.6. The number of rotatable bonds is 1. The Bertz CT molecular complexity index is 534. The predicted molar refractivity (Wildman–Crippen MR) is 66.5 cm³/mol. The normalized spacial score (nSPS) is 24.3. The zero-order valence-electron chi connectivity index (χ0n) is 9.85. The van der Waals surface area contributed by atoms with Crippen molar-refractivity contribution >= 4 is 28.8 Å². The van der Waals surface area contributed by atoms with Gasteiger partial charge in [0.05, 0.1) is 17.3 Å². The molecule has 1 aromatic rings. The standard InChI is InChI=1S/C13H13NO3S/c15-9-2-1-3-10(11(16)6-9)14-7-8-4-5-18-12(8)13(14)17/h4-5,10H,1-3,6-7H2. The molecule has 5 heteroatoms. The van der Waals surface area contributed by atoms with E-state index in [1.54, 1.807) is 4.90 Å². The molecule has 0 aromatic carbocycles. The van der Waals surface area contributed by atoms with E-state index in [-0.39, 0.29) is 23.9 Å². The number of amides is 1. The summed E-state index contributed by atoms with van der Waals surface area (Å²) in [6.45, 7) is 0.516. The summed E-state index contributed by atoms with van der Waals surface area (Å²) in [4.78, 5) is 38.0. The van der Waals surface area contributed by atoms with Gasteiger partial charge in [0.1, 0.15) is 5.78 Å². The first-order chi connectivity index (χ1) is 8.66. The summed E-state index contributed by atoms with van der Waals surface area (Å²) in [6.07, 6.45) is 1.77. The monoisotopic (exact) mass is 263 g/mol. The number of hydrogen-bond donors (Lipinski definition) is 0. The Kier molecular flexibility index (Phi) is 2.78. The van der Waals surface area contributed by atoms with Crippen LogP contribution in [0.2, 0.25) is 0 Å². The average molecular weight is 263 g/mol. The second-order valence-corrected chi connectivity index (χ2v) is 5.71. The summed E-state index contributed by atoms with van der Waals surface area (Å²) in [5.74, 6) is -0.141. The third-order valence-corrected chi connectivity index (χ3v) is 4.54. The van der Waals surface area contributed by atoms with Crippen LogP contribution in [-0.4, -0.2) is 28.4 Å². The lowest BCUT2D eigenvalue weighted by molar-refractivity contribution is -0.128. The third kappa shape index (κ3) is 1.79. The van der Waals surface area contributed by atoms with Gasteiger partial charge in [-0.25, -0.2) is 0 Å². The molecule has 0 radical (unpaired) electrons. The Morgan fingerprint density at radius 1 is 1.28 bits per heavy atom. The number of hydrogen-bond acceptors (Lipinski definition) is 4. The maximum Gasteiger partial charge on any atom is 0.265 e. The van der Waals surface area contributed by atoms with Crippen molar-refractivity contribution in [3.63, 3.8) is 0 Å². The number of Topliss-reactive ketones (excluding diaryl/α,β-unsaturated/α-hetero) is 2. The van der Waals surface area contributed by atoms with E-state index in [0.717, 1.165) is 10.4 Å². The summed E-state index contributed by atoms with van der Waals surface area (Å²) < 4.78 is 0. The molecular formula is C13H13NO3S. The molecule has 3 rings (SSSR count). The van der Waals surface area contributed by atoms with Crippen molar-refractivity contribution in [2.75, 3.05) is 0 Å². The topological polar surface area (TPSA) is 54.5 Å². The number of fused-ring (bicyclic) bond motifs is 1. The molecule has 0 saturated heterocycles. The van der Waals surface area contributed by atoms with Crippen molar-refractivity contribution in [2.45, 2.75) is 38.3 Å². The lowest BCUT2D eigenvalue weighted by Crippen LogP contribution is -2.41. The van der Waals surface area contributed by atoms with Crippen molar-refractivity contribution in [3.8, 4) is 0 Å². The first-order valence-electron chi connectivity index (χ1n) is 6.08. The van der Waals surface area contributed by atoms with Crippen molar-refractivity contribution < 1.29 is 14.4 Å². The molecule has 1 amide bonds. The zero-order valence-corrected chi connectivity index (χ0v) is 10.7. The Labute approximate surface area is 109 Å². The van der Waals surface area contributed by atoms with Gasteiger partial charge in [-0.15, -0.1) is 11.3 Å². The highest BCUT2D eigenvalue weighted by atomic mass is 32.1. The fraction of sp³-hybridized carbons (Fsp3) is 0.462. The van der Waals surface area contributed by atoms with Crippen LogP contribution < -0.4 is 0 Å². The summed E-state index contributed by atoms with van der Waals surface area (Å²) in [6, 6.07) is 1.54. The minimum atomic E-state index is -0.399. The minimum absolute atomic E-state index is 0.00363. The number of nitrogens with zero attached hydrogens (tertiary/aromatic N) is 1. The summed E-state index contributed by atoms with van der Waals surface area (Å²) in [7, 11) is 0. The Balaban J connectivity index is 1.84. The van der Waals surface area contributed by atoms with E-state index >= 15 is 0 Å². The zero-order chi connectivity index (χ0) is 12.7. The van der Waals surface area contributed by atoms with Gasteiger partial charge in [0.15, 0.2) is 5.78 Å². The Hall–Kier alpha value is -1.49. The van der Waals surface area contributed by atoms with E-state index in [4.69, 9.17) is 0 Å². The predicted octanol–water partition coefficient (Wildman–Crippen LogP) is 1.78. The minimum Gasteiger partial charge on any atom is -0.324 e. The highest BCUT2D eigenvalue weighted by Crippen LogP contribution is 2.31. The lowest BCUT2D eigenvalue weighted by atomic mass is 10.1. The maximum atomic E-state index is 12.2. The smallest absolute Gasteiger partial charge is 0.265 e. The van der Waals surface area contributed by atoms with Crippen LogP contribution in [0.1, 0.15) is 40.9 Å². The second-order valence-electron chi connectivity index (χ2n) is 4.80. The second kappa shape index (κ2) is 4.31. The van der Waals surface area contributed by atoms with Gasteiger partial charge in [0.25, 0.3) is 5.91 Å². The van der Waals surface area contributed by atoms with E-state index in [1.807, 2.05) is 11.4 Å². The van der Waals surface area contributed by atoms with Crippen LogP contribution in [-0.2, 0) is 16.1 Å². The van der Waals surface area contributed by atoms with Gasteiger partial charge >= 0.3 is 0 Å². The van der Waals surface area contributed by atoms with Crippen LogP contribution in [0, 0.1) is 0 Å². The first-order valence-corrected chi connectivity index (χ1v) is 6.96. The van der Waals surface area contributed by atoms with Gasteiger partial charge in [-0.2, -0.15) is 0 Å². The molecule has 1 unspecified atom stereocenters. The molecule has 94 valence electrons. The number of thiophene rings is 1. The van der Waals surface area contributed by atoms with Gasteiger partial charge in [-0.3, -0.25) is 14.4 Å². The van der Waals surface area contributed by atoms with Gasteiger partial charge < -0.3 is 4.90 Å². The van der Waals surface area contributed by atoms with Gasteiger partial charge in [-0.1, -0.05) is 0 Å². The molecule has 1 aliphatic carbocycles. The molecule has 0 spiro atoms. The molecule has 0 N–H and O–H groups in total. The fourth-order valence-electron chi connectivity index (χ4n) is 2.67. The fourth-order valence-corrected chi connectivity index (χ4v) is 3.54. The van der Waals surface area contributed by atoms with Crippen LogP contribution in [0.4, 0.5) is 0 Å². The number of carbonyl (C=O) groups excluding carboxylic acids is 3. The average Bonchev–Trinajstić information content (AvgIpc) is 2.84. The van der Waals surface area contributed by atoms with Crippen LogP contribution in [0.15, 0.2) is 11.4 Å². The molecule has 4 nitrogen and oxygen atoms in total. The third-order valence-electron chi connectivity index (χ3n) is 3.60. The van der Waals surface area contributed by atoms with E-state index in [9.17, 15) is 14.4 Å². The summed E-state index contributed by atoms with van der Waals surface area (Å²) in [5, 5.41) is 1.90. The van der Waals surface area contributed by atoms with Gasteiger partial charge in [0.2, 0.25) is 0 Å². The maximum absolute atomic E-state index is 12.2. The van der Waals surface area contributed by atoms with E-state index < -0.39 is 6.04 Å². The molecular weight excluding hydrogens is 250 g/mol. The molecule has 1 aliphatic heterocycles. The molecule has 18 heavy (non-hydrogen) atoms. The molecule has 1 fully saturated rings. The summed E-state index contributed by atoms with van der Waals surface area (Å²) >= 11 is 1.43. The molecule has 2 aliphatic rings. The van der Waals surface area contributed by atoms with Crippen molar-refractivity contribution in [1.82, 2.24) is 4.90 Å². The molecule has 0 bridgehead atoms. The summed E-state index contributed by atoms with van der Waals surface area (Å²) in [5.41, 5.74) is 1.01. The quantitative estimate of drug-likeness (QED) is 0.573. The molecule has 2 heterocycles. The van der Waals surface area contributed by atoms with Crippen LogP contribution in [0.3, 0.4) is 0 Å². The Morgan fingerprint density at radius 2 is 2.11 bits per heavy atom. The number of ketones is 2. The van der Waals surface area contributed by atoms with Gasteiger partial charge in [-0.05, 0) is 29.9 Å². The molecule has 1 atom stereocenters. The number of carbonyl (C=O) groups is 3. The molecule has 1 saturated carbocycles. The Morgan fingerprint density at radius 3 is 2.89 bits per heavy atom. The molecule has 1 aromatic heterocycles. The highest BCUT2D eigenvalue weighted by molar-refractivity contribution is 7.12.